The van der Waals surface area contributed by atoms with Crippen LogP contribution in [0.3, 0.4) is 0 Å². The minimum Gasteiger partial charge on any atom is -0.396 e. The molecule has 0 spiro atoms. The zero-order valence-electron chi connectivity index (χ0n) is 12.7. The van der Waals surface area contributed by atoms with Crippen LogP contribution >= 0.6 is 0 Å². The third kappa shape index (κ3) is 2.70. The van der Waals surface area contributed by atoms with Gasteiger partial charge in [0.15, 0.2) is 0 Å². The molecule has 1 aromatic carbocycles. The highest BCUT2D eigenvalue weighted by Crippen LogP contribution is 2.49. The fraction of sp³-hybridized carbons (Fsp3) is 0.647. The van der Waals surface area contributed by atoms with Crippen LogP contribution in [0.2, 0.25) is 0 Å². The molecule has 1 unspecified atom stereocenters. The van der Waals surface area contributed by atoms with Crippen molar-refractivity contribution in [2.24, 2.45) is 5.41 Å². The number of hydrogen-bond acceptors (Lipinski definition) is 2. The van der Waals surface area contributed by atoms with Crippen LogP contribution in [0.15, 0.2) is 24.3 Å². The number of aliphatic hydroxyl groups is 1. The molecule has 2 rings (SSSR count). The molecule has 1 saturated carbocycles. The Hall–Kier alpha value is -0.860. The maximum Gasteiger partial charge on any atom is 0.0505 e. The van der Waals surface area contributed by atoms with Gasteiger partial charge in [0.25, 0.3) is 0 Å². The van der Waals surface area contributed by atoms with Crippen molar-refractivity contribution < 1.29 is 5.11 Å². The van der Waals surface area contributed by atoms with Crippen LogP contribution in [0.5, 0.6) is 0 Å². The molecule has 0 amide bonds. The average molecular weight is 261 g/mol. The second kappa shape index (κ2) is 5.26. The maximum atomic E-state index is 9.74. The van der Waals surface area contributed by atoms with Crippen molar-refractivity contribution in [3.8, 4) is 0 Å². The summed E-state index contributed by atoms with van der Waals surface area (Å²) < 4.78 is 0. The molecule has 106 valence electrons. The topological polar surface area (TPSA) is 32.3 Å². The van der Waals surface area contributed by atoms with Gasteiger partial charge >= 0.3 is 0 Å². The van der Waals surface area contributed by atoms with E-state index in [2.05, 4.69) is 50.4 Å². The van der Waals surface area contributed by atoms with E-state index in [4.69, 9.17) is 0 Å². The number of hydrogen-bond donors (Lipinski definition) is 2. The Morgan fingerprint density at radius 2 is 1.79 bits per heavy atom. The van der Waals surface area contributed by atoms with Crippen LogP contribution < -0.4 is 5.32 Å². The normalized spacial score (nSPS) is 19.8. The van der Waals surface area contributed by atoms with Crippen LogP contribution in [0.25, 0.3) is 0 Å². The summed E-state index contributed by atoms with van der Waals surface area (Å²) in [5.74, 6) is 0. The van der Waals surface area contributed by atoms with Crippen molar-refractivity contribution >= 4 is 0 Å². The molecule has 1 fully saturated rings. The standard InChI is InChI=1S/C17H27NO/c1-16(2,3)14-8-6-13(7-9-14)15(18-4)17(12-19)10-5-11-17/h6-9,15,18-19H,5,10-12H2,1-4H3. The summed E-state index contributed by atoms with van der Waals surface area (Å²) in [6, 6.07) is 9.15. The van der Waals surface area contributed by atoms with Crippen LogP contribution in [0.4, 0.5) is 0 Å². The highest BCUT2D eigenvalue weighted by atomic mass is 16.3. The first-order chi connectivity index (χ1) is 8.93. The summed E-state index contributed by atoms with van der Waals surface area (Å²) in [5.41, 5.74) is 2.90. The van der Waals surface area contributed by atoms with Crippen molar-refractivity contribution in [1.29, 1.82) is 0 Å². The molecular formula is C17H27NO. The van der Waals surface area contributed by atoms with E-state index < -0.39 is 0 Å². The molecule has 2 nitrogen and oxygen atoms in total. The van der Waals surface area contributed by atoms with Crippen LogP contribution in [-0.4, -0.2) is 18.8 Å². The summed E-state index contributed by atoms with van der Waals surface area (Å²) in [6.45, 7) is 6.98. The highest BCUT2D eigenvalue weighted by Gasteiger charge is 2.43. The molecule has 0 aromatic heterocycles. The first kappa shape index (κ1) is 14.5. The molecular weight excluding hydrogens is 234 g/mol. The Morgan fingerprint density at radius 1 is 1.21 bits per heavy atom. The van der Waals surface area contributed by atoms with Gasteiger partial charge in [-0.3, -0.25) is 0 Å². The van der Waals surface area contributed by atoms with E-state index >= 15 is 0 Å². The third-order valence-electron chi connectivity index (χ3n) is 4.68. The van der Waals surface area contributed by atoms with E-state index in [1.165, 1.54) is 17.5 Å². The van der Waals surface area contributed by atoms with Gasteiger partial charge in [-0.05, 0) is 36.4 Å². The zero-order chi connectivity index (χ0) is 14.1. The Bertz CT molecular complexity index is 406. The lowest BCUT2D eigenvalue weighted by Crippen LogP contribution is -2.44. The van der Waals surface area contributed by atoms with Gasteiger partial charge in [0.2, 0.25) is 0 Å². The lowest BCUT2D eigenvalue weighted by Gasteiger charge is -2.46. The minimum atomic E-state index is 0.0536. The average Bonchev–Trinajstić information content (AvgIpc) is 2.33. The minimum absolute atomic E-state index is 0.0536. The van der Waals surface area contributed by atoms with E-state index in [9.17, 15) is 5.11 Å². The molecule has 0 bridgehead atoms. The molecule has 19 heavy (non-hydrogen) atoms. The maximum absolute atomic E-state index is 9.74. The summed E-state index contributed by atoms with van der Waals surface area (Å²) in [7, 11) is 2.00. The van der Waals surface area contributed by atoms with E-state index in [1.54, 1.807) is 0 Å². The lowest BCUT2D eigenvalue weighted by molar-refractivity contribution is 0.00782. The second-order valence-corrected chi connectivity index (χ2v) is 6.97. The van der Waals surface area contributed by atoms with Gasteiger partial charge in [-0.1, -0.05) is 51.5 Å². The van der Waals surface area contributed by atoms with E-state index in [0.29, 0.717) is 0 Å². The van der Waals surface area contributed by atoms with Gasteiger partial charge in [-0.25, -0.2) is 0 Å². The Kier molecular flexibility index (Phi) is 4.03. The van der Waals surface area contributed by atoms with Crippen molar-refractivity contribution in [2.75, 3.05) is 13.7 Å². The molecule has 1 atom stereocenters. The molecule has 0 saturated heterocycles. The van der Waals surface area contributed by atoms with Crippen molar-refractivity contribution in [3.63, 3.8) is 0 Å². The summed E-state index contributed by atoms with van der Waals surface area (Å²) in [5, 5.41) is 13.2. The van der Waals surface area contributed by atoms with Gasteiger partial charge in [-0.15, -0.1) is 0 Å². The molecule has 2 N–H and O–H groups in total. The van der Waals surface area contributed by atoms with Gasteiger partial charge in [0.05, 0.1) is 6.61 Å². The van der Waals surface area contributed by atoms with E-state index in [1.807, 2.05) is 7.05 Å². The van der Waals surface area contributed by atoms with Crippen molar-refractivity contribution in [2.45, 2.75) is 51.5 Å². The SMILES string of the molecule is CNC(c1ccc(C(C)(C)C)cc1)C1(CO)CCC1. The molecule has 1 aliphatic rings. The van der Waals surface area contributed by atoms with E-state index in [-0.39, 0.29) is 23.5 Å². The van der Waals surface area contributed by atoms with Crippen LogP contribution in [-0.2, 0) is 5.41 Å². The van der Waals surface area contributed by atoms with Crippen molar-refractivity contribution in [3.05, 3.63) is 35.4 Å². The van der Waals surface area contributed by atoms with Gasteiger partial charge in [-0.2, -0.15) is 0 Å². The molecule has 0 heterocycles. The third-order valence-corrected chi connectivity index (χ3v) is 4.68. The van der Waals surface area contributed by atoms with Gasteiger partial charge < -0.3 is 10.4 Å². The van der Waals surface area contributed by atoms with Gasteiger partial charge in [0.1, 0.15) is 0 Å². The van der Waals surface area contributed by atoms with Crippen LogP contribution in [0, 0.1) is 5.41 Å². The molecule has 0 aliphatic heterocycles. The van der Waals surface area contributed by atoms with Crippen LogP contribution in [0.1, 0.15) is 57.2 Å². The number of benzene rings is 1. The Labute approximate surface area is 117 Å². The summed E-state index contributed by atoms with van der Waals surface area (Å²) in [6.07, 6.45) is 3.48. The fourth-order valence-corrected chi connectivity index (χ4v) is 3.17. The highest BCUT2D eigenvalue weighted by molar-refractivity contribution is 5.30. The van der Waals surface area contributed by atoms with Crippen molar-refractivity contribution in [1.82, 2.24) is 5.32 Å². The van der Waals surface area contributed by atoms with E-state index in [0.717, 1.165) is 12.8 Å². The molecule has 1 aliphatic carbocycles. The predicted octanol–water partition coefficient (Wildman–Crippen LogP) is 3.41. The fourth-order valence-electron chi connectivity index (χ4n) is 3.17. The first-order valence-corrected chi connectivity index (χ1v) is 7.31. The lowest BCUT2D eigenvalue weighted by atomic mass is 9.63. The largest absolute Gasteiger partial charge is 0.396 e. The zero-order valence-corrected chi connectivity index (χ0v) is 12.7. The summed E-state index contributed by atoms with van der Waals surface area (Å²) >= 11 is 0. The Morgan fingerprint density at radius 3 is 2.11 bits per heavy atom. The number of rotatable bonds is 4. The second-order valence-electron chi connectivity index (χ2n) is 6.97. The first-order valence-electron chi connectivity index (χ1n) is 7.31. The summed E-state index contributed by atoms with van der Waals surface area (Å²) in [4.78, 5) is 0. The smallest absolute Gasteiger partial charge is 0.0505 e. The number of nitrogens with one attached hydrogen (secondary N) is 1. The molecule has 1 aromatic rings. The molecule has 2 heteroatoms. The number of aliphatic hydroxyl groups excluding tert-OH is 1. The predicted molar refractivity (Wildman–Crippen MR) is 80.3 cm³/mol. The molecule has 0 radical (unpaired) electrons. The van der Waals surface area contributed by atoms with Gasteiger partial charge in [0, 0.05) is 11.5 Å². The Balaban J connectivity index is 2.25. The quantitative estimate of drug-likeness (QED) is 0.870. The monoisotopic (exact) mass is 261 g/mol.